The maximum atomic E-state index is 12.1. The van der Waals surface area contributed by atoms with Gasteiger partial charge in [-0.25, -0.2) is 4.98 Å². The number of esters is 1. The van der Waals surface area contributed by atoms with E-state index in [1.165, 1.54) is 11.8 Å². The van der Waals surface area contributed by atoms with Crippen LogP contribution in [0, 0.1) is 0 Å². The third-order valence-electron chi connectivity index (χ3n) is 3.89. The van der Waals surface area contributed by atoms with Gasteiger partial charge in [0.15, 0.2) is 11.0 Å². The molecular weight excluding hydrogens is 382 g/mol. The molecule has 0 aromatic carbocycles. The number of imidazole rings is 1. The van der Waals surface area contributed by atoms with Crippen molar-refractivity contribution in [1.29, 1.82) is 0 Å². The predicted molar refractivity (Wildman–Crippen MR) is 105 cm³/mol. The summed E-state index contributed by atoms with van der Waals surface area (Å²) < 4.78 is 9.24. The average Bonchev–Trinajstić information content (AvgIpc) is 3.42. The zero-order valence-electron chi connectivity index (χ0n) is 14.6. The molecule has 4 aromatic heterocycles. The molecule has 0 aliphatic rings. The quantitative estimate of drug-likeness (QED) is 0.350. The van der Waals surface area contributed by atoms with Crippen LogP contribution in [-0.4, -0.2) is 35.9 Å². The van der Waals surface area contributed by atoms with Crippen LogP contribution in [0.15, 0.2) is 53.3 Å². The summed E-state index contributed by atoms with van der Waals surface area (Å²) in [5, 5.41) is 11.2. The Bertz CT molecular complexity index is 1020. The fourth-order valence-electron chi connectivity index (χ4n) is 2.64. The number of thioether (sulfide) groups is 1. The maximum absolute atomic E-state index is 12.1. The van der Waals surface area contributed by atoms with E-state index in [2.05, 4.69) is 15.2 Å². The summed E-state index contributed by atoms with van der Waals surface area (Å²) in [5.74, 6) is 0.698. The summed E-state index contributed by atoms with van der Waals surface area (Å²) in [7, 11) is 0. The molecule has 0 spiro atoms. The summed E-state index contributed by atoms with van der Waals surface area (Å²) in [4.78, 5) is 17.6. The molecule has 0 radical (unpaired) electrons. The minimum Gasteiger partial charge on any atom is -0.458 e. The van der Waals surface area contributed by atoms with Crippen LogP contribution in [0.25, 0.3) is 16.3 Å². The Hall–Kier alpha value is -2.65. The highest BCUT2D eigenvalue weighted by atomic mass is 32.2. The van der Waals surface area contributed by atoms with E-state index >= 15 is 0 Å². The number of thiophene rings is 1. The number of fused-ring (bicyclic) bond motifs is 1. The van der Waals surface area contributed by atoms with Gasteiger partial charge in [-0.15, -0.1) is 21.5 Å². The van der Waals surface area contributed by atoms with Gasteiger partial charge >= 0.3 is 5.97 Å². The van der Waals surface area contributed by atoms with E-state index in [1.54, 1.807) is 11.3 Å². The van der Waals surface area contributed by atoms with Crippen LogP contribution in [0.4, 0.5) is 0 Å². The number of hydrogen-bond acceptors (Lipinski definition) is 7. The van der Waals surface area contributed by atoms with Crippen LogP contribution < -0.4 is 0 Å². The zero-order chi connectivity index (χ0) is 18.6. The van der Waals surface area contributed by atoms with Crippen molar-refractivity contribution in [3.05, 3.63) is 53.8 Å². The lowest BCUT2D eigenvalue weighted by Gasteiger charge is -2.06. The van der Waals surface area contributed by atoms with Gasteiger partial charge < -0.3 is 13.7 Å². The molecule has 0 aliphatic carbocycles. The van der Waals surface area contributed by atoms with E-state index in [1.807, 2.05) is 64.0 Å². The van der Waals surface area contributed by atoms with Crippen LogP contribution in [-0.2, 0) is 22.7 Å². The van der Waals surface area contributed by atoms with E-state index in [0.29, 0.717) is 5.16 Å². The number of ether oxygens (including phenoxy) is 1. The highest BCUT2D eigenvalue weighted by molar-refractivity contribution is 7.99. The van der Waals surface area contributed by atoms with Crippen molar-refractivity contribution in [1.82, 2.24) is 24.1 Å². The third-order valence-corrected chi connectivity index (χ3v) is 5.69. The highest BCUT2D eigenvalue weighted by Crippen LogP contribution is 2.27. The van der Waals surface area contributed by atoms with Gasteiger partial charge in [0.25, 0.3) is 0 Å². The van der Waals surface area contributed by atoms with Crippen molar-refractivity contribution in [2.24, 2.45) is 0 Å². The molecule has 0 saturated carbocycles. The molecule has 138 valence electrons. The first kappa shape index (κ1) is 17.7. The second-order valence-corrected chi connectivity index (χ2v) is 7.57. The van der Waals surface area contributed by atoms with Crippen LogP contribution in [0.5, 0.6) is 0 Å². The van der Waals surface area contributed by atoms with Crippen LogP contribution >= 0.6 is 23.1 Å². The van der Waals surface area contributed by atoms with Crippen LogP contribution in [0.3, 0.4) is 0 Å². The number of rotatable bonds is 7. The van der Waals surface area contributed by atoms with Crippen molar-refractivity contribution in [3.8, 4) is 10.7 Å². The topological polar surface area (TPSA) is 74.3 Å². The van der Waals surface area contributed by atoms with E-state index < -0.39 is 0 Å². The van der Waals surface area contributed by atoms with Gasteiger partial charge in [-0.1, -0.05) is 23.9 Å². The maximum Gasteiger partial charge on any atom is 0.316 e. The summed E-state index contributed by atoms with van der Waals surface area (Å²) in [6.07, 6.45) is 3.77. The molecule has 4 aromatic rings. The highest BCUT2D eigenvalue weighted by Gasteiger charge is 2.16. The predicted octanol–water partition coefficient (Wildman–Crippen LogP) is 3.51. The second kappa shape index (κ2) is 7.93. The number of hydrogen-bond donors (Lipinski definition) is 0. The van der Waals surface area contributed by atoms with Crippen molar-refractivity contribution in [3.63, 3.8) is 0 Å². The monoisotopic (exact) mass is 399 g/mol. The van der Waals surface area contributed by atoms with Gasteiger partial charge in [0, 0.05) is 18.9 Å². The molecule has 9 heteroatoms. The largest absolute Gasteiger partial charge is 0.458 e. The third kappa shape index (κ3) is 3.88. The molecule has 4 heterocycles. The molecule has 0 atom stereocenters. The normalized spacial score (nSPS) is 11.1. The molecule has 0 amide bonds. The summed E-state index contributed by atoms with van der Waals surface area (Å²) in [5.41, 5.74) is 1.55. The van der Waals surface area contributed by atoms with Gasteiger partial charge in [0.05, 0.1) is 16.3 Å². The Kier molecular flexibility index (Phi) is 5.21. The van der Waals surface area contributed by atoms with E-state index in [4.69, 9.17) is 4.74 Å². The fraction of sp³-hybridized carbons (Fsp3) is 0.222. The van der Waals surface area contributed by atoms with Crippen LogP contribution in [0.2, 0.25) is 0 Å². The van der Waals surface area contributed by atoms with Gasteiger partial charge in [0.1, 0.15) is 12.3 Å². The lowest BCUT2D eigenvalue weighted by atomic mass is 10.4. The average molecular weight is 400 g/mol. The molecule has 0 saturated heterocycles. The molecule has 0 fully saturated rings. The lowest BCUT2D eigenvalue weighted by Crippen LogP contribution is -2.08. The summed E-state index contributed by atoms with van der Waals surface area (Å²) in [6.45, 7) is 2.92. The Labute approximate surface area is 164 Å². The Balaban J connectivity index is 1.35. The Morgan fingerprint density at radius 1 is 1.26 bits per heavy atom. The summed E-state index contributed by atoms with van der Waals surface area (Å²) >= 11 is 2.95. The first-order chi connectivity index (χ1) is 13.2. The van der Waals surface area contributed by atoms with Gasteiger partial charge in [-0.3, -0.25) is 4.79 Å². The van der Waals surface area contributed by atoms with E-state index in [0.717, 1.165) is 28.6 Å². The molecule has 27 heavy (non-hydrogen) atoms. The lowest BCUT2D eigenvalue weighted by molar-refractivity contribution is -0.141. The minimum absolute atomic E-state index is 0.155. The molecule has 0 bridgehead atoms. The first-order valence-corrected chi connectivity index (χ1v) is 10.3. The fourth-order valence-corrected chi connectivity index (χ4v) is 4.16. The molecule has 4 rings (SSSR count). The van der Waals surface area contributed by atoms with Crippen molar-refractivity contribution in [2.45, 2.75) is 25.2 Å². The number of nitrogens with zero attached hydrogens (tertiary/aromatic N) is 5. The number of carbonyl (C=O) groups excluding carboxylic acids is 1. The molecule has 0 N–H and O–H groups in total. The molecule has 0 aliphatic heterocycles. The molecule has 7 nitrogen and oxygen atoms in total. The van der Waals surface area contributed by atoms with Gasteiger partial charge in [-0.05, 0) is 30.5 Å². The second-order valence-electron chi connectivity index (χ2n) is 5.68. The van der Waals surface area contributed by atoms with E-state index in [-0.39, 0.29) is 18.3 Å². The smallest absolute Gasteiger partial charge is 0.316 e. The Morgan fingerprint density at radius 2 is 2.19 bits per heavy atom. The zero-order valence-corrected chi connectivity index (χ0v) is 16.2. The SMILES string of the molecule is CCn1c(SCC(=O)OCc2cn3ccccc3n2)nnc1-c1cccs1. The van der Waals surface area contributed by atoms with Gasteiger partial charge in [-0.2, -0.15) is 0 Å². The van der Waals surface area contributed by atoms with Crippen LogP contribution in [0.1, 0.15) is 12.6 Å². The molecular formula is C18H17N5O2S2. The van der Waals surface area contributed by atoms with Crippen molar-refractivity contribution < 1.29 is 9.53 Å². The van der Waals surface area contributed by atoms with Crippen molar-refractivity contribution >= 4 is 34.7 Å². The number of aromatic nitrogens is 5. The summed E-state index contributed by atoms with van der Waals surface area (Å²) in [6, 6.07) is 9.75. The number of pyridine rings is 1. The van der Waals surface area contributed by atoms with Crippen molar-refractivity contribution in [2.75, 3.05) is 5.75 Å². The first-order valence-electron chi connectivity index (χ1n) is 8.42. The minimum atomic E-state index is -0.305. The molecule has 0 unspecified atom stereocenters. The number of carbonyl (C=O) groups is 1. The van der Waals surface area contributed by atoms with Gasteiger partial charge in [0.2, 0.25) is 0 Å². The Morgan fingerprint density at radius 3 is 2.96 bits per heavy atom. The standard InChI is InChI=1S/C18H17N5O2S2/c1-2-23-17(14-6-5-9-26-14)20-21-18(23)27-12-16(24)25-11-13-10-22-8-4-3-7-15(22)19-13/h3-10H,2,11-12H2,1H3. The van der Waals surface area contributed by atoms with E-state index in [9.17, 15) is 4.79 Å².